The third-order valence-corrected chi connectivity index (χ3v) is 5.04. The molecule has 1 N–H and O–H groups in total. The maximum atomic E-state index is 13.3. The van der Waals surface area contributed by atoms with Crippen LogP contribution in [0, 0.1) is 0 Å². The van der Waals surface area contributed by atoms with Gasteiger partial charge >= 0.3 is 0 Å². The number of hydrogen-bond acceptors (Lipinski definition) is 5. The van der Waals surface area contributed by atoms with Gasteiger partial charge in [-0.15, -0.1) is 0 Å². The van der Waals surface area contributed by atoms with Crippen LogP contribution in [-0.4, -0.2) is 30.1 Å². The van der Waals surface area contributed by atoms with E-state index in [4.69, 9.17) is 9.47 Å². The van der Waals surface area contributed by atoms with Gasteiger partial charge in [-0.3, -0.25) is 4.79 Å². The minimum absolute atomic E-state index is 0.102. The number of carbonyl (C=O) groups excluding carboxylic acids is 1. The van der Waals surface area contributed by atoms with Crippen LogP contribution >= 0.6 is 0 Å². The van der Waals surface area contributed by atoms with Crippen LogP contribution in [0.25, 0.3) is 11.4 Å². The van der Waals surface area contributed by atoms with Gasteiger partial charge in [0.05, 0.1) is 26.2 Å². The average molecular weight is 425 g/mol. The highest BCUT2D eigenvalue weighted by Crippen LogP contribution is 2.27. The van der Waals surface area contributed by atoms with Crippen LogP contribution in [0.1, 0.15) is 17.0 Å². The minimum atomic E-state index is -0.414. The Bertz CT molecular complexity index is 1120. The standard InChI is InChI=1S/C26H23N3O3/c1-31-22-17-23(32-2)29-25(28-22)20-13-15-21(16-14-20)27-26(30)24(18-9-5-3-6-10-18)19-11-7-4-8-12-19/h3-17,24H,1-2H3,(H,27,30). The zero-order valence-corrected chi connectivity index (χ0v) is 17.9. The van der Waals surface area contributed by atoms with Crippen molar-refractivity contribution in [3.05, 3.63) is 102 Å². The van der Waals surface area contributed by atoms with Crippen molar-refractivity contribution < 1.29 is 14.3 Å². The lowest BCUT2D eigenvalue weighted by Crippen LogP contribution is -2.22. The molecule has 1 amide bonds. The predicted molar refractivity (Wildman–Crippen MR) is 124 cm³/mol. The molecule has 1 heterocycles. The molecular formula is C26H23N3O3. The van der Waals surface area contributed by atoms with E-state index in [1.54, 1.807) is 20.3 Å². The number of rotatable bonds is 7. The van der Waals surface area contributed by atoms with Crippen LogP contribution < -0.4 is 14.8 Å². The van der Waals surface area contributed by atoms with Gasteiger partial charge in [0.15, 0.2) is 5.82 Å². The summed E-state index contributed by atoms with van der Waals surface area (Å²) < 4.78 is 10.4. The number of hydrogen-bond donors (Lipinski definition) is 1. The quantitative estimate of drug-likeness (QED) is 0.454. The Hall–Kier alpha value is -4.19. The first-order valence-corrected chi connectivity index (χ1v) is 10.2. The Labute approximate surface area is 186 Å². The summed E-state index contributed by atoms with van der Waals surface area (Å²) in [6.45, 7) is 0. The summed E-state index contributed by atoms with van der Waals surface area (Å²) in [6, 6.07) is 28.5. The highest BCUT2D eigenvalue weighted by atomic mass is 16.5. The minimum Gasteiger partial charge on any atom is -0.481 e. The van der Waals surface area contributed by atoms with Crippen molar-refractivity contribution in [3.8, 4) is 23.1 Å². The van der Waals surface area contributed by atoms with Crippen LogP contribution in [0.2, 0.25) is 0 Å². The number of amides is 1. The van der Waals surface area contributed by atoms with Crippen LogP contribution in [0.4, 0.5) is 5.69 Å². The molecule has 0 aliphatic carbocycles. The molecule has 0 aliphatic rings. The van der Waals surface area contributed by atoms with Gasteiger partial charge in [0.1, 0.15) is 0 Å². The molecule has 4 aromatic rings. The first kappa shape index (κ1) is 21.1. The maximum Gasteiger partial charge on any atom is 0.236 e. The third kappa shape index (κ3) is 4.75. The van der Waals surface area contributed by atoms with Crippen molar-refractivity contribution in [2.24, 2.45) is 0 Å². The molecule has 1 aromatic heterocycles. The Morgan fingerprint density at radius 2 is 1.25 bits per heavy atom. The lowest BCUT2D eigenvalue weighted by atomic mass is 9.90. The van der Waals surface area contributed by atoms with Crippen LogP contribution in [-0.2, 0) is 4.79 Å². The van der Waals surface area contributed by atoms with E-state index < -0.39 is 5.92 Å². The zero-order valence-electron chi connectivity index (χ0n) is 17.9. The molecule has 0 atom stereocenters. The van der Waals surface area contributed by atoms with E-state index in [0.717, 1.165) is 16.7 Å². The van der Waals surface area contributed by atoms with Gasteiger partial charge in [-0.25, -0.2) is 0 Å². The summed E-state index contributed by atoms with van der Waals surface area (Å²) in [5.41, 5.74) is 3.34. The summed E-state index contributed by atoms with van der Waals surface area (Å²) in [7, 11) is 3.08. The van der Waals surface area contributed by atoms with Crippen LogP contribution in [0.5, 0.6) is 11.8 Å². The molecule has 6 nitrogen and oxygen atoms in total. The number of nitrogens with zero attached hydrogens (tertiary/aromatic N) is 2. The number of nitrogens with one attached hydrogen (secondary N) is 1. The maximum absolute atomic E-state index is 13.3. The number of aromatic nitrogens is 2. The summed E-state index contributed by atoms with van der Waals surface area (Å²) >= 11 is 0. The van der Waals surface area contributed by atoms with Gasteiger partial charge in [-0.05, 0) is 35.4 Å². The molecule has 3 aromatic carbocycles. The first-order valence-electron chi connectivity index (χ1n) is 10.2. The molecule has 0 aliphatic heterocycles. The molecule has 4 rings (SSSR count). The molecule has 0 bridgehead atoms. The van der Waals surface area contributed by atoms with Gasteiger partial charge in [0.25, 0.3) is 0 Å². The van der Waals surface area contributed by atoms with Crippen molar-refractivity contribution in [2.45, 2.75) is 5.92 Å². The highest BCUT2D eigenvalue weighted by Gasteiger charge is 2.22. The van der Waals surface area contributed by atoms with Crippen molar-refractivity contribution in [1.82, 2.24) is 9.97 Å². The van der Waals surface area contributed by atoms with Gasteiger partial charge in [-0.1, -0.05) is 60.7 Å². The van der Waals surface area contributed by atoms with Crippen molar-refractivity contribution in [2.75, 3.05) is 19.5 Å². The van der Waals surface area contributed by atoms with E-state index in [9.17, 15) is 4.79 Å². The number of anilines is 1. The molecule has 0 saturated carbocycles. The molecular weight excluding hydrogens is 402 g/mol. The summed E-state index contributed by atoms with van der Waals surface area (Å²) in [5.74, 6) is 0.790. The van der Waals surface area contributed by atoms with E-state index in [2.05, 4.69) is 15.3 Å². The van der Waals surface area contributed by atoms with Gasteiger partial charge < -0.3 is 14.8 Å². The topological polar surface area (TPSA) is 73.3 Å². The van der Waals surface area contributed by atoms with Crippen molar-refractivity contribution in [3.63, 3.8) is 0 Å². The molecule has 0 saturated heterocycles. The zero-order chi connectivity index (χ0) is 22.3. The number of ether oxygens (including phenoxy) is 2. The van der Waals surface area contributed by atoms with E-state index in [1.165, 1.54) is 0 Å². The van der Waals surface area contributed by atoms with E-state index in [1.807, 2.05) is 84.9 Å². The fourth-order valence-electron chi connectivity index (χ4n) is 3.45. The normalized spacial score (nSPS) is 10.6. The molecule has 0 spiro atoms. The highest BCUT2D eigenvalue weighted by molar-refractivity contribution is 5.98. The van der Waals surface area contributed by atoms with Crippen molar-refractivity contribution >= 4 is 11.6 Å². The molecule has 0 unspecified atom stereocenters. The predicted octanol–water partition coefficient (Wildman–Crippen LogP) is 4.93. The lowest BCUT2D eigenvalue weighted by molar-refractivity contribution is -0.116. The fraction of sp³-hybridized carbons (Fsp3) is 0.115. The molecule has 0 fully saturated rings. The van der Waals surface area contributed by atoms with Gasteiger partial charge in [0, 0.05) is 11.3 Å². The molecule has 0 radical (unpaired) electrons. The average Bonchev–Trinajstić information content (AvgIpc) is 2.85. The third-order valence-electron chi connectivity index (χ3n) is 5.04. The second kappa shape index (κ2) is 9.75. The van der Waals surface area contributed by atoms with Crippen LogP contribution in [0.3, 0.4) is 0 Å². The van der Waals surface area contributed by atoms with E-state index in [-0.39, 0.29) is 5.91 Å². The summed E-state index contributed by atoms with van der Waals surface area (Å²) in [5, 5.41) is 3.03. The number of benzene rings is 3. The number of methoxy groups -OCH3 is 2. The van der Waals surface area contributed by atoms with E-state index >= 15 is 0 Å². The molecule has 32 heavy (non-hydrogen) atoms. The van der Waals surface area contributed by atoms with Crippen molar-refractivity contribution in [1.29, 1.82) is 0 Å². The smallest absolute Gasteiger partial charge is 0.236 e. The largest absolute Gasteiger partial charge is 0.481 e. The van der Waals surface area contributed by atoms with Gasteiger partial charge in [0.2, 0.25) is 17.7 Å². The first-order chi connectivity index (χ1) is 15.7. The Morgan fingerprint density at radius 3 is 1.72 bits per heavy atom. The molecule has 160 valence electrons. The number of carbonyl (C=O) groups is 1. The molecule has 6 heteroatoms. The summed E-state index contributed by atoms with van der Waals surface area (Å²) in [4.78, 5) is 22.0. The second-order valence-electron chi connectivity index (χ2n) is 7.10. The Morgan fingerprint density at radius 1 is 0.750 bits per heavy atom. The monoisotopic (exact) mass is 425 g/mol. The van der Waals surface area contributed by atoms with Crippen LogP contribution in [0.15, 0.2) is 91.0 Å². The Balaban J connectivity index is 1.58. The Kier molecular flexibility index (Phi) is 6.41. The lowest BCUT2D eigenvalue weighted by Gasteiger charge is -2.18. The fourth-order valence-corrected chi connectivity index (χ4v) is 3.45. The summed E-state index contributed by atoms with van der Waals surface area (Å²) in [6.07, 6.45) is 0. The second-order valence-corrected chi connectivity index (χ2v) is 7.10. The van der Waals surface area contributed by atoms with E-state index in [0.29, 0.717) is 23.3 Å². The SMILES string of the molecule is COc1cc(OC)nc(-c2ccc(NC(=O)C(c3ccccc3)c3ccccc3)cc2)n1. The van der Waals surface area contributed by atoms with Gasteiger partial charge in [-0.2, -0.15) is 9.97 Å².